The van der Waals surface area contributed by atoms with Crippen molar-refractivity contribution in [2.24, 2.45) is 5.10 Å². The smallest absolute Gasteiger partial charge is 0.280 e. The van der Waals surface area contributed by atoms with Gasteiger partial charge < -0.3 is 9.72 Å². The normalized spacial score (nSPS) is 12.4. The molecule has 0 aliphatic carbocycles. The zero-order valence-electron chi connectivity index (χ0n) is 12.7. The van der Waals surface area contributed by atoms with Crippen LogP contribution in [0.4, 0.5) is 0 Å². The highest BCUT2D eigenvalue weighted by Gasteiger charge is 2.14. The first kappa shape index (κ1) is 14.8. The molecule has 0 aliphatic rings. The molecule has 0 saturated carbocycles. The number of H-pyrrole nitrogens is 1. The number of hydrazone groups is 1. The summed E-state index contributed by atoms with van der Waals surface area (Å²) in [5.74, 6) is 0.348. The Bertz CT molecular complexity index is 825. The Kier molecular flexibility index (Phi) is 4.38. The number of nitrogens with one attached hydrogen (secondary N) is 2. The molecular weight excluding hydrogens is 290 g/mol. The van der Waals surface area contributed by atoms with Crippen LogP contribution in [0.1, 0.15) is 12.6 Å². The van der Waals surface area contributed by atoms with Gasteiger partial charge in [-0.2, -0.15) is 5.10 Å². The fraction of sp³-hybridized carbons (Fsp3) is 0.111. The van der Waals surface area contributed by atoms with Crippen LogP contribution in [0.2, 0.25) is 0 Å². The molecule has 1 unspecified atom stereocenters. The van der Waals surface area contributed by atoms with Crippen molar-refractivity contribution in [2.75, 3.05) is 0 Å². The van der Waals surface area contributed by atoms with E-state index < -0.39 is 6.10 Å². The van der Waals surface area contributed by atoms with E-state index >= 15 is 0 Å². The maximum atomic E-state index is 12.0. The third-order valence-corrected chi connectivity index (χ3v) is 3.40. The second-order valence-electron chi connectivity index (χ2n) is 5.13. The topological polar surface area (TPSA) is 66.5 Å². The molecule has 0 aliphatic heterocycles. The molecule has 1 atom stereocenters. The van der Waals surface area contributed by atoms with E-state index in [4.69, 9.17) is 4.74 Å². The van der Waals surface area contributed by atoms with Gasteiger partial charge in [0.25, 0.3) is 5.91 Å². The number of benzene rings is 2. The Morgan fingerprint density at radius 1 is 1.17 bits per heavy atom. The largest absolute Gasteiger partial charge is 0.481 e. The Balaban J connectivity index is 1.60. The molecule has 3 rings (SSSR count). The number of carbonyl (C=O) groups excluding carboxylic acids is 1. The summed E-state index contributed by atoms with van der Waals surface area (Å²) in [5.41, 5.74) is 3.28. The number of nitrogens with zero attached hydrogens (tertiary/aromatic N) is 1. The molecule has 116 valence electrons. The molecule has 1 heterocycles. The second kappa shape index (κ2) is 6.79. The first-order chi connectivity index (χ1) is 11.2. The van der Waals surface area contributed by atoms with Crippen LogP contribution >= 0.6 is 0 Å². The van der Waals surface area contributed by atoms with Crippen LogP contribution in [0.5, 0.6) is 5.75 Å². The third kappa shape index (κ3) is 3.77. The first-order valence-corrected chi connectivity index (χ1v) is 7.34. The number of hydrogen-bond acceptors (Lipinski definition) is 3. The van der Waals surface area contributed by atoms with Crippen LogP contribution in [0.15, 0.2) is 65.9 Å². The molecule has 5 heteroatoms. The van der Waals surface area contributed by atoms with Crippen molar-refractivity contribution in [3.8, 4) is 5.75 Å². The molecule has 0 radical (unpaired) electrons. The highest BCUT2D eigenvalue weighted by Crippen LogP contribution is 2.21. The van der Waals surface area contributed by atoms with E-state index in [0.29, 0.717) is 5.75 Å². The van der Waals surface area contributed by atoms with Crippen molar-refractivity contribution in [1.29, 1.82) is 0 Å². The molecule has 23 heavy (non-hydrogen) atoms. The van der Waals surface area contributed by atoms with Crippen molar-refractivity contribution in [1.82, 2.24) is 10.4 Å². The lowest BCUT2D eigenvalue weighted by Crippen LogP contribution is -2.33. The summed E-state index contributed by atoms with van der Waals surface area (Å²) in [5, 5.41) is 6.09. The van der Waals surface area contributed by atoms with E-state index in [9.17, 15) is 4.79 Å². The fourth-order valence-electron chi connectivity index (χ4n) is 2.18. The van der Waals surface area contributed by atoms with E-state index in [1.807, 2.05) is 54.6 Å². The summed E-state index contributed by atoms with van der Waals surface area (Å²) in [6.07, 6.45) is 2.69. The number of carbonyl (C=O) groups is 1. The summed E-state index contributed by atoms with van der Waals surface area (Å²) < 4.78 is 5.68. The summed E-state index contributed by atoms with van der Waals surface area (Å²) in [6.45, 7) is 1.69. The van der Waals surface area contributed by atoms with Crippen LogP contribution in [0, 0.1) is 0 Å². The summed E-state index contributed by atoms with van der Waals surface area (Å²) >= 11 is 0. The van der Waals surface area contributed by atoms with Gasteiger partial charge in [-0.1, -0.05) is 30.3 Å². The number of fused-ring (bicyclic) bond motifs is 1. The van der Waals surface area contributed by atoms with Gasteiger partial charge in [-0.25, -0.2) is 5.43 Å². The molecular formula is C18H17N3O2. The van der Waals surface area contributed by atoms with Gasteiger partial charge in [0.15, 0.2) is 6.10 Å². The highest BCUT2D eigenvalue weighted by atomic mass is 16.5. The molecule has 1 amide bonds. The van der Waals surface area contributed by atoms with Crippen molar-refractivity contribution >= 4 is 22.9 Å². The summed E-state index contributed by atoms with van der Waals surface area (Å²) in [4.78, 5) is 14.9. The average Bonchev–Trinajstić information content (AvgIpc) is 3.08. The molecule has 2 N–H and O–H groups in total. The number of aromatic amines is 1. The monoisotopic (exact) mass is 307 g/mol. The summed E-state index contributed by atoms with van der Waals surface area (Å²) in [7, 11) is 0. The first-order valence-electron chi connectivity index (χ1n) is 7.34. The molecule has 3 aromatic rings. The number of hydrogen-bond donors (Lipinski definition) is 2. The van der Waals surface area contributed by atoms with E-state index in [1.165, 1.54) is 0 Å². The van der Waals surface area contributed by atoms with Crippen molar-refractivity contribution in [2.45, 2.75) is 13.0 Å². The Morgan fingerprint density at radius 3 is 2.78 bits per heavy atom. The lowest BCUT2D eigenvalue weighted by atomic mass is 10.1. The lowest BCUT2D eigenvalue weighted by Gasteiger charge is -2.13. The van der Waals surface area contributed by atoms with Gasteiger partial charge in [0.1, 0.15) is 5.75 Å². The Morgan fingerprint density at radius 2 is 2.00 bits per heavy atom. The Hall–Kier alpha value is -3.08. The van der Waals surface area contributed by atoms with Gasteiger partial charge in [0.2, 0.25) is 0 Å². The van der Waals surface area contributed by atoms with Crippen LogP contribution in [-0.2, 0) is 4.79 Å². The van der Waals surface area contributed by atoms with E-state index in [2.05, 4.69) is 15.5 Å². The third-order valence-electron chi connectivity index (χ3n) is 3.40. The molecule has 5 nitrogen and oxygen atoms in total. The van der Waals surface area contributed by atoms with E-state index in [0.717, 1.165) is 16.5 Å². The van der Waals surface area contributed by atoms with Gasteiger partial charge >= 0.3 is 0 Å². The van der Waals surface area contributed by atoms with E-state index in [1.54, 1.807) is 19.3 Å². The summed E-state index contributed by atoms with van der Waals surface area (Å²) in [6, 6.07) is 17.4. The molecule has 0 fully saturated rings. The number of ether oxygens (including phenoxy) is 1. The van der Waals surface area contributed by atoms with Gasteiger partial charge in [0, 0.05) is 6.20 Å². The molecule has 0 bridgehead atoms. The zero-order chi connectivity index (χ0) is 16.1. The van der Waals surface area contributed by atoms with Crippen LogP contribution < -0.4 is 10.2 Å². The average molecular weight is 307 g/mol. The second-order valence-corrected chi connectivity index (χ2v) is 5.13. The number of rotatable bonds is 5. The van der Waals surface area contributed by atoms with Crippen LogP contribution in [0.3, 0.4) is 0 Å². The minimum atomic E-state index is -0.642. The van der Waals surface area contributed by atoms with E-state index in [-0.39, 0.29) is 5.91 Å². The maximum absolute atomic E-state index is 12.0. The van der Waals surface area contributed by atoms with Gasteiger partial charge in [-0.15, -0.1) is 0 Å². The molecule has 0 saturated heterocycles. The lowest BCUT2D eigenvalue weighted by molar-refractivity contribution is -0.127. The SMILES string of the molecule is CC(Oc1ccc2ccccc2c1)C(=O)N/N=C/c1ccc[nH]1. The van der Waals surface area contributed by atoms with Crippen molar-refractivity contribution in [3.05, 3.63) is 66.5 Å². The minimum absolute atomic E-state index is 0.305. The number of amides is 1. The van der Waals surface area contributed by atoms with Crippen molar-refractivity contribution in [3.63, 3.8) is 0 Å². The predicted molar refractivity (Wildman–Crippen MR) is 90.6 cm³/mol. The van der Waals surface area contributed by atoms with Gasteiger partial charge in [0.05, 0.1) is 11.9 Å². The predicted octanol–water partition coefficient (Wildman–Crippen LogP) is 3.09. The number of aromatic nitrogens is 1. The van der Waals surface area contributed by atoms with Crippen LogP contribution in [-0.4, -0.2) is 23.2 Å². The van der Waals surface area contributed by atoms with Crippen molar-refractivity contribution < 1.29 is 9.53 Å². The molecule has 1 aromatic heterocycles. The fourth-order valence-corrected chi connectivity index (χ4v) is 2.18. The molecule has 2 aromatic carbocycles. The minimum Gasteiger partial charge on any atom is -0.481 e. The molecule has 0 spiro atoms. The highest BCUT2D eigenvalue weighted by molar-refractivity contribution is 5.85. The van der Waals surface area contributed by atoms with Crippen LogP contribution in [0.25, 0.3) is 10.8 Å². The van der Waals surface area contributed by atoms with Gasteiger partial charge in [-0.05, 0) is 42.0 Å². The quantitative estimate of drug-likeness (QED) is 0.562. The van der Waals surface area contributed by atoms with Gasteiger partial charge in [-0.3, -0.25) is 4.79 Å². The standard InChI is InChI=1S/C18H17N3O2/c1-13(18(22)21-20-12-16-7-4-10-19-16)23-17-9-8-14-5-2-3-6-15(14)11-17/h2-13,19H,1H3,(H,21,22)/b20-12+. The zero-order valence-corrected chi connectivity index (χ0v) is 12.7. The Labute approximate surface area is 134 Å². The maximum Gasteiger partial charge on any atom is 0.280 e.